The van der Waals surface area contributed by atoms with Crippen LogP contribution in [0.5, 0.6) is 0 Å². The molecule has 2 heteroatoms. The second-order valence-electron chi connectivity index (χ2n) is 2.46. The van der Waals surface area contributed by atoms with E-state index in [9.17, 15) is 0 Å². The molecule has 1 aliphatic rings. The second-order valence-corrected chi connectivity index (χ2v) is 4.61. The lowest BCUT2D eigenvalue weighted by atomic mass is 10.3. The first-order valence-electron chi connectivity index (χ1n) is 3.11. The van der Waals surface area contributed by atoms with E-state index in [2.05, 4.69) is 31.6 Å². The van der Waals surface area contributed by atoms with Crippen LogP contribution in [0.4, 0.5) is 0 Å². The Bertz CT molecular complexity index is 68.2. The van der Waals surface area contributed by atoms with Gasteiger partial charge in [-0.05, 0) is 16.7 Å². The highest BCUT2D eigenvalue weighted by Gasteiger charge is 1.85. The minimum Gasteiger partial charge on any atom is -0.122 e. The molecule has 0 spiro atoms. The van der Waals surface area contributed by atoms with Gasteiger partial charge in [-0.1, -0.05) is 20.8 Å². The van der Waals surface area contributed by atoms with Crippen LogP contribution in [-0.4, -0.2) is 5.08 Å². The fourth-order valence-electron chi connectivity index (χ4n) is 0.196. The molecule has 1 heterocycles. The van der Waals surface area contributed by atoms with Gasteiger partial charge in [0.2, 0.25) is 0 Å². The molecule has 0 bridgehead atoms. The van der Waals surface area contributed by atoms with Crippen molar-refractivity contribution in [1.29, 1.82) is 0 Å². The van der Waals surface area contributed by atoms with E-state index in [1.165, 1.54) is 5.08 Å². The molecule has 0 aromatic heterocycles. The van der Waals surface area contributed by atoms with Crippen molar-refractivity contribution in [3.8, 4) is 0 Å². The minimum absolute atomic E-state index is 0.833. The maximum Gasteiger partial charge on any atom is 0.0475 e. The summed E-state index contributed by atoms with van der Waals surface area (Å²) in [5.41, 5.74) is 0. The van der Waals surface area contributed by atoms with E-state index in [0.29, 0.717) is 0 Å². The lowest BCUT2D eigenvalue weighted by molar-refractivity contribution is 0.737. The smallest absolute Gasteiger partial charge is 0.0475 e. The van der Waals surface area contributed by atoms with Crippen LogP contribution in [0, 0.1) is 5.92 Å². The van der Waals surface area contributed by atoms with Gasteiger partial charge >= 0.3 is 0 Å². The molecule has 0 nitrogen and oxygen atoms in total. The molecule has 0 aromatic carbocycles. The maximum atomic E-state index is 2.17. The highest BCUT2D eigenvalue weighted by Crippen LogP contribution is 2.22. The summed E-state index contributed by atoms with van der Waals surface area (Å²) in [6, 6.07) is 0. The van der Waals surface area contributed by atoms with Crippen molar-refractivity contribution in [3.63, 3.8) is 0 Å². The third kappa shape index (κ3) is 11.8. The van der Waals surface area contributed by atoms with E-state index >= 15 is 0 Å². The number of hydrogen-bond acceptors (Lipinski definition) is 2. The first kappa shape index (κ1) is 9.44. The number of rotatable bonds is 0. The number of hydrogen-bond donors (Lipinski definition) is 0. The zero-order valence-corrected chi connectivity index (χ0v) is 7.89. The molecule has 1 rings (SSSR count). The van der Waals surface area contributed by atoms with Gasteiger partial charge < -0.3 is 0 Å². The van der Waals surface area contributed by atoms with Gasteiger partial charge in [-0.25, -0.2) is 0 Å². The largest absolute Gasteiger partial charge is 0.122 e. The van der Waals surface area contributed by atoms with Crippen LogP contribution in [0.3, 0.4) is 0 Å². The van der Waals surface area contributed by atoms with Gasteiger partial charge in [-0.3, -0.25) is 0 Å². The molecule has 0 N–H and O–H groups in total. The van der Waals surface area contributed by atoms with Crippen LogP contribution < -0.4 is 0 Å². The van der Waals surface area contributed by atoms with Gasteiger partial charge in [0.25, 0.3) is 0 Å². The van der Waals surface area contributed by atoms with Crippen molar-refractivity contribution in [2.24, 2.45) is 5.92 Å². The van der Waals surface area contributed by atoms with E-state index in [1.807, 2.05) is 23.5 Å². The van der Waals surface area contributed by atoms with Crippen molar-refractivity contribution in [2.75, 3.05) is 5.08 Å². The lowest BCUT2D eigenvalue weighted by Crippen LogP contribution is -1.66. The third-order valence-corrected chi connectivity index (χ3v) is 2.30. The molecule has 0 aromatic rings. The predicted octanol–water partition coefficient (Wildman–Crippen LogP) is 3.56. The summed E-state index contributed by atoms with van der Waals surface area (Å²) in [6.45, 7) is 6.50. The summed E-state index contributed by atoms with van der Waals surface area (Å²) in [5.74, 6) is 0.833. The van der Waals surface area contributed by atoms with Crippen molar-refractivity contribution < 1.29 is 0 Å². The second kappa shape index (κ2) is 6.56. The highest BCUT2D eigenvalue weighted by atomic mass is 32.2. The van der Waals surface area contributed by atoms with Gasteiger partial charge in [-0.15, -0.1) is 23.5 Å². The van der Waals surface area contributed by atoms with Crippen LogP contribution >= 0.6 is 23.5 Å². The van der Waals surface area contributed by atoms with Crippen LogP contribution in [0.15, 0.2) is 10.8 Å². The predicted molar refractivity (Wildman–Crippen MR) is 49.7 cm³/mol. The summed E-state index contributed by atoms with van der Waals surface area (Å²) >= 11 is 3.71. The average molecular weight is 162 g/mol. The summed E-state index contributed by atoms with van der Waals surface area (Å²) in [4.78, 5) is 0. The molecular weight excluding hydrogens is 148 g/mol. The molecule has 9 heavy (non-hydrogen) atoms. The molecule has 0 radical (unpaired) electrons. The summed E-state index contributed by atoms with van der Waals surface area (Å²) in [5, 5.41) is 5.45. The van der Waals surface area contributed by atoms with Crippen LogP contribution in [-0.2, 0) is 0 Å². The van der Waals surface area contributed by atoms with Gasteiger partial charge in [0.1, 0.15) is 0 Å². The molecule has 0 unspecified atom stereocenters. The molecule has 1 aliphatic heterocycles. The van der Waals surface area contributed by atoms with Gasteiger partial charge in [0.05, 0.1) is 0 Å². The topological polar surface area (TPSA) is 0 Å². The van der Waals surface area contributed by atoms with E-state index in [-0.39, 0.29) is 0 Å². The SMILES string of the molecule is C1=CSCS1.CC(C)C. The van der Waals surface area contributed by atoms with Crippen LogP contribution in [0.2, 0.25) is 0 Å². The standard InChI is InChI=1S/C4H10.C3H4S2/c1-4(2)3;1-2-5-3-4-1/h4H,1-3H3;1-2H,3H2. The average Bonchev–Trinajstić information content (AvgIpc) is 2.11. The number of thioether (sulfide) groups is 2. The first-order chi connectivity index (χ1) is 4.23. The highest BCUT2D eigenvalue weighted by molar-refractivity contribution is 8.21. The van der Waals surface area contributed by atoms with Crippen LogP contribution in [0.1, 0.15) is 20.8 Å². The van der Waals surface area contributed by atoms with E-state index in [1.54, 1.807) is 0 Å². The molecule has 0 atom stereocenters. The minimum atomic E-state index is 0.833. The summed E-state index contributed by atoms with van der Waals surface area (Å²) < 4.78 is 0. The Labute approximate surface area is 66.5 Å². The van der Waals surface area contributed by atoms with Gasteiger partial charge in [0, 0.05) is 5.08 Å². The first-order valence-corrected chi connectivity index (χ1v) is 5.21. The molecule has 0 amide bonds. The monoisotopic (exact) mass is 162 g/mol. The quantitative estimate of drug-likeness (QED) is 0.534. The zero-order valence-electron chi connectivity index (χ0n) is 6.26. The van der Waals surface area contributed by atoms with Crippen molar-refractivity contribution in [2.45, 2.75) is 20.8 Å². The molecule has 0 aliphatic carbocycles. The zero-order chi connectivity index (χ0) is 7.11. The molecule has 0 saturated carbocycles. The Balaban J connectivity index is 0.000000148. The summed E-state index contributed by atoms with van der Waals surface area (Å²) in [6.07, 6.45) is 0. The van der Waals surface area contributed by atoms with E-state index in [0.717, 1.165) is 5.92 Å². The van der Waals surface area contributed by atoms with Crippen LogP contribution in [0.25, 0.3) is 0 Å². The van der Waals surface area contributed by atoms with Gasteiger partial charge in [-0.2, -0.15) is 0 Å². The van der Waals surface area contributed by atoms with E-state index in [4.69, 9.17) is 0 Å². The molecule has 0 fully saturated rings. The fraction of sp³-hybridized carbons (Fsp3) is 0.714. The van der Waals surface area contributed by atoms with Crippen molar-refractivity contribution in [1.82, 2.24) is 0 Å². The fourth-order valence-corrected chi connectivity index (χ4v) is 1.77. The normalized spacial score (nSPS) is 15.6. The van der Waals surface area contributed by atoms with Crippen molar-refractivity contribution >= 4 is 23.5 Å². The van der Waals surface area contributed by atoms with Gasteiger partial charge in [0.15, 0.2) is 0 Å². The Morgan fingerprint density at radius 1 is 1.11 bits per heavy atom. The van der Waals surface area contributed by atoms with E-state index < -0.39 is 0 Å². The molecule has 54 valence electrons. The van der Waals surface area contributed by atoms with Crippen molar-refractivity contribution in [3.05, 3.63) is 10.8 Å². The Kier molecular flexibility index (Phi) is 6.88. The maximum absolute atomic E-state index is 2.17. The lowest BCUT2D eigenvalue weighted by Gasteiger charge is -1.79. The third-order valence-electron chi connectivity index (χ3n) is 0.384. The summed E-state index contributed by atoms with van der Waals surface area (Å²) in [7, 11) is 0. The Morgan fingerprint density at radius 2 is 1.44 bits per heavy atom. The molecular formula is C7H14S2. The Morgan fingerprint density at radius 3 is 1.56 bits per heavy atom. The molecule has 0 saturated heterocycles. The Hall–Kier alpha value is 0.440.